The summed E-state index contributed by atoms with van der Waals surface area (Å²) in [7, 11) is 0. The van der Waals surface area contributed by atoms with Gasteiger partial charge < -0.3 is 9.05 Å². The van der Waals surface area contributed by atoms with Gasteiger partial charge in [0.25, 0.3) is 5.69 Å². The van der Waals surface area contributed by atoms with Gasteiger partial charge in [0.2, 0.25) is 0 Å². The van der Waals surface area contributed by atoms with Crippen molar-refractivity contribution in [1.82, 2.24) is 5.09 Å². The van der Waals surface area contributed by atoms with E-state index in [-0.39, 0.29) is 12.3 Å². The van der Waals surface area contributed by atoms with Gasteiger partial charge in [-0.1, -0.05) is 90.4 Å². The van der Waals surface area contributed by atoms with E-state index >= 15 is 0 Å². The number of unbranched alkanes of at least 4 members (excludes halogenated alkanes) is 13. The zero-order chi connectivity index (χ0) is 22.4. The zero-order valence-electron chi connectivity index (χ0n) is 19.0. The first-order chi connectivity index (χ1) is 15.0. The van der Waals surface area contributed by atoms with Crippen molar-refractivity contribution in [2.24, 2.45) is 0 Å². The van der Waals surface area contributed by atoms with Crippen molar-refractivity contribution >= 4 is 24.1 Å². The van der Waals surface area contributed by atoms with Crippen LogP contribution in [0.2, 0.25) is 0 Å². The molecule has 1 heterocycles. The van der Waals surface area contributed by atoms with Crippen LogP contribution in [0.25, 0.3) is 0 Å². The number of non-ortho nitro benzene ring substituents is 1. The zero-order valence-corrected chi connectivity index (χ0v) is 20.7. The Morgan fingerprint density at radius 1 is 0.968 bits per heavy atom. The third kappa shape index (κ3) is 10.4. The van der Waals surface area contributed by atoms with E-state index in [9.17, 15) is 10.1 Å². The van der Waals surface area contributed by atoms with Gasteiger partial charge in [0.1, 0.15) is 5.75 Å². The molecule has 1 atom stereocenters. The number of hydrogen-bond donors (Lipinski definition) is 1. The molecular weight excluding hydrogens is 431 g/mol. The van der Waals surface area contributed by atoms with Crippen molar-refractivity contribution in [2.45, 2.75) is 103 Å². The maximum Gasteiger partial charge on any atom is 0.313 e. The van der Waals surface area contributed by atoms with Crippen LogP contribution in [-0.2, 0) is 22.9 Å². The molecule has 8 heteroatoms. The predicted molar refractivity (Wildman–Crippen MR) is 131 cm³/mol. The molecule has 1 aromatic carbocycles. The summed E-state index contributed by atoms with van der Waals surface area (Å²) < 4.78 is 11.6. The first kappa shape index (κ1) is 26.2. The van der Waals surface area contributed by atoms with Gasteiger partial charge in [-0.25, -0.2) is 5.09 Å². The highest BCUT2D eigenvalue weighted by Crippen LogP contribution is 2.50. The standard InChI is InChI=1S/C23H39N2O4PS/c1-2-3-4-5-6-7-8-9-10-11-12-13-14-15-18-24-30(31)28-20-21-19-22(25(26)27)16-17-23(21)29-30/h16-17,19H,2-15,18,20H2,1H3,(H,24,31). The largest absolute Gasteiger partial charge is 0.432 e. The van der Waals surface area contributed by atoms with E-state index in [4.69, 9.17) is 20.9 Å². The van der Waals surface area contributed by atoms with Crippen molar-refractivity contribution in [3.05, 3.63) is 33.9 Å². The van der Waals surface area contributed by atoms with Crippen molar-refractivity contribution in [1.29, 1.82) is 0 Å². The van der Waals surface area contributed by atoms with Crippen LogP contribution in [0, 0.1) is 10.1 Å². The highest BCUT2D eigenvalue weighted by molar-refractivity contribution is 8.09. The molecule has 176 valence electrons. The molecule has 1 unspecified atom stereocenters. The minimum Gasteiger partial charge on any atom is -0.432 e. The quantitative estimate of drug-likeness (QED) is 0.108. The molecule has 1 N–H and O–H groups in total. The van der Waals surface area contributed by atoms with Crippen LogP contribution in [0.3, 0.4) is 0 Å². The van der Waals surface area contributed by atoms with Gasteiger partial charge in [0.05, 0.1) is 11.5 Å². The molecule has 0 radical (unpaired) electrons. The molecule has 1 aliphatic heterocycles. The summed E-state index contributed by atoms with van der Waals surface area (Å²) in [6.45, 7) is 0.737. The molecule has 2 rings (SSSR count). The van der Waals surface area contributed by atoms with Crippen molar-refractivity contribution < 1.29 is 14.0 Å². The fourth-order valence-corrected chi connectivity index (χ4v) is 5.86. The average molecular weight is 471 g/mol. The first-order valence-electron chi connectivity index (χ1n) is 12.0. The summed E-state index contributed by atoms with van der Waals surface area (Å²) in [6.07, 6.45) is 18.7. The van der Waals surface area contributed by atoms with Crippen LogP contribution >= 0.6 is 6.64 Å². The molecule has 0 aliphatic carbocycles. The first-order valence-corrected chi connectivity index (χ1v) is 14.6. The lowest BCUT2D eigenvalue weighted by molar-refractivity contribution is -0.385. The fourth-order valence-electron chi connectivity index (χ4n) is 3.81. The van der Waals surface area contributed by atoms with Crippen LogP contribution in [0.1, 0.15) is 102 Å². The number of rotatable bonds is 17. The monoisotopic (exact) mass is 470 g/mol. The number of nitrogens with one attached hydrogen (secondary N) is 1. The Balaban J connectivity index is 1.46. The van der Waals surface area contributed by atoms with Gasteiger partial charge in [-0.2, -0.15) is 0 Å². The Morgan fingerprint density at radius 3 is 2.06 bits per heavy atom. The summed E-state index contributed by atoms with van der Waals surface area (Å²) >= 11 is 5.54. The van der Waals surface area contributed by atoms with E-state index in [1.54, 1.807) is 6.07 Å². The Morgan fingerprint density at radius 2 is 1.52 bits per heavy atom. The van der Waals surface area contributed by atoms with Gasteiger partial charge in [-0.15, -0.1) is 0 Å². The lowest BCUT2D eigenvalue weighted by atomic mass is 10.0. The minimum absolute atomic E-state index is 0.0384. The predicted octanol–water partition coefficient (Wildman–Crippen LogP) is 7.80. The maximum atomic E-state index is 10.9. The molecule has 1 aliphatic rings. The Hall–Kier alpha value is -1.01. The van der Waals surface area contributed by atoms with Gasteiger partial charge in [0.15, 0.2) is 0 Å². The third-order valence-electron chi connectivity index (χ3n) is 5.70. The molecular formula is C23H39N2O4PS. The van der Waals surface area contributed by atoms with Crippen LogP contribution in [0.5, 0.6) is 5.75 Å². The van der Waals surface area contributed by atoms with Crippen molar-refractivity contribution in [2.75, 3.05) is 6.54 Å². The molecule has 31 heavy (non-hydrogen) atoms. The Kier molecular flexibility index (Phi) is 12.6. The molecule has 0 spiro atoms. The number of nitrogens with zero attached hydrogens (tertiary/aromatic N) is 1. The second-order valence-corrected chi connectivity index (χ2v) is 11.6. The van der Waals surface area contributed by atoms with Crippen LogP contribution in [0.4, 0.5) is 5.69 Å². The van der Waals surface area contributed by atoms with Crippen LogP contribution in [0.15, 0.2) is 18.2 Å². The van der Waals surface area contributed by atoms with Crippen molar-refractivity contribution in [3.63, 3.8) is 0 Å². The topological polar surface area (TPSA) is 73.6 Å². The average Bonchev–Trinajstić information content (AvgIpc) is 2.76. The number of benzene rings is 1. The molecule has 0 amide bonds. The normalized spacial score (nSPS) is 17.8. The molecule has 0 aromatic heterocycles. The minimum atomic E-state index is -2.56. The molecule has 0 fully saturated rings. The van der Waals surface area contributed by atoms with Gasteiger partial charge in [-0.3, -0.25) is 10.1 Å². The smallest absolute Gasteiger partial charge is 0.313 e. The second kappa shape index (κ2) is 14.9. The number of nitro benzene ring substituents is 1. The van der Waals surface area contributed by atoms with E-state index in [1.807, 2.05) is 0 Å². The summed E-state index contributed by atoms with van der Waals surface area (Å²) in [6, 6.07) is 4.55. The highest BCUT2D eigenvalue weighted by Gasteiger charge is 2.28. The van der Waals surface area contributed by atoms with Gasteiger partial charge in [-0.05, 0) is 24.3 Å². The highest BCUT2D eigenvalue weighted by atomic mass is 32.5. The van der Waals surface area contributed by atoms with Crippen LogP contribution in [-0.4, -0.2) is 11.5 Å². The van der Waals surface area contributed by atoms with Gasteiger partial charge >= 0.3 is 6.64 Å². The van der Waals surface area contributed by atoms with E-state index in [0.29, 0.717) is 11.3 Å². The van der Waals surface area contributed by atoms with Crippen LogP contribution < -0.4 is 9.61 Å². The summed E-state index contributed by atoms with van der Waals surface area (Å²) in [5.41, 5.74) is 0.712. The molecule has 6 nitrogen and oxygen atoms in total. The lowest BCUT2D eigenvalue weighted by Crippen LogP contribution is -2.21. The number of fused-ring (bicyclic) bond motifs is 1. The maximum absolute atomic E-state index is 10.9. The fraction of sp³-hybridized carbons (Fsp3) is 0.739. The molecule has 0 saturated carbocycles. The Bertz CT molecular complexity index is 717. The van der Waals surface area contributed by atoms with Crippen molar-refractivity contribution in [3.8, 4) is 5.75 Å². The number of nitro groups is 1. The SMILES string of the molecule is CCCCCCCCCCCCCCCCNP1(=S)OCc2cc([N+](=O)[O-])ccc2O1. The van der Waals surface area contributed by atoms with E-state index < -0.39 is 11.6 Å². The molecule has 1 aromatic rings. The third-order valence-corrected chi connectivity index (χ3v) is 8.14. The summed E-state index contributed by atoms with van der Waals surface area (Å²) in [5, 5.41) is 14.1. The van der Waals surface area contributed by atoms with E-state index in [0.717, 1.165) is 13.0 Å². The summed E-state index contributed by atoms with van der Waals surface area (Å²) in [4.78, 5) is 10.5. The molecule has 0 saturated heterocycles. The number of hydrogen-bond acceptors (Lipinski definition) is 5. The van der Waals surface area contributed by atoms with Gasteiger partial charge in [0, 0.05) is 24.2 Å². The lowest BCUT2D eigenvalue weighted by Gasteiger charge is -2.29. The van der Waals surface area contributed by atoms with E-state index in [2.05, 4.69) is 12.0 Å². The van der Waals surface area contributed by atoms with E-state index in [1.165, 1.54) is 95.6 Å². The Labute approximate surface area is 192 Å². The second-order valence-electron chi connectivity index (χ2n) is 8.42. The summed E-state index contributed by atoms with van der Waals surface area (Å²) in [5.74, 6) is 0.591. The molecule has 0 bridgehead atoms.